The van der Waals surface area contributed by atoms with Gasteiger partial charge in [0, 0.05) is 18.4 Å². The van der Waals surface area contributed by atoms with Crippen LogP contribution in [0, 0.1) is 0 Å². The van der Waals surface area contributed by atoms with Gasteiger partial charge in [-0.05, 0) is 12.8 Å². The molecule has 24 heavy (non-hydrogen) atoms. The summed E-state index contributed by atoms with van der Waals surface area (Å²) in [7, 11) is 0. The maximum absolute atomic E-state index is 12.2. The van der Waals surface area contributed by atoms with Crippen LogP contribution in [0.5, 0.6) is 0 Å². The van der Waals surface area contributed by atoms with Crippen molar-refractivity contribution in [1.82, 2.24) is 20.6 Å². The zero-order valence-electron chi connectivity index (χ0n) is 13.6. The molecule has 0 spiro atoms. The minimum Gasteiger partial charge on any atom is -0.372 e. The lowest BCUT2D eigenvalue weighted by Gasteiger charge is -2.24. The minimum atomic E-state index is -0.0955. The van der Waals surface area contributed by atoms with Crippen molar-refractivity contribution in [2.45, 2.75) is 66.8 Å². The van der Waals surface area contributed by atoms with Gasteiger partial charge in [0.25, 0.3) is 0 Å². The van der Waals surface area contributed by atoms with Crippen LogP contribution in [-0.2, 0) is 9.47 Å². The molecule has 1 saturated carbocycles. The van der Waals surface area contributed by atoms with E-state index in [1.165, 1.54) is 19.3 Å². The van der Waals surface area contributed by atoms with Gasteiger partial charge < -0.3 is 25.1 Å². The van der Waals surface area contributed by atoms with Gasteiger partial charge in [-0.25, -0.2) is 9.78 Å². The third-order valence-corrected chi connectivity index (χ3v) is 6.15. The first-order valence-electron chi connectivity index (χ1n) is 8.76. The zero-order valence-corrected chi connectivity index (χ0v) is 14.4. The molecule has 4 rings (SSSR count). The Morgan fingerprint density at radius 3 is 2.79 bits per heavy atom. The van der Waals surface area contributed by atoms with Crippen molar-refractivity contribution in [3.8, 4) is 0 Å². The molecule has 3 fully saturated rings. The maximum atomic E-state index is 12.2. The highest BCUT2D eigenvalue weighted by Gasteiger charge is 2.48. The highest BCUT2D eigenvalue weighted by atomic mass is 32.2. The summed E-state index contributed by atoms with van der Waals surface area (Å²) in [5, 5.41) is 7.21. The average Bonchev–Trinajstić information content (AvgIpc) is 3.30. The van der Waals surface area contributed by atoms with Crippen LogP contribution in [0.1, 0.15) is 32.1 Å². The summed E-state index contributed by atoms with van der Waals surface area (Å²) in [4.78, 5) is 19.6. The molecular formula is C16H24N4O3S. The summed E-state index contributed by atoms with van der Waals surface area (Å²) < 4.78 is 11.8. The van der Waals surface area contributed by atoms with Crippen LogP contribution in [0.25, 0.3) is 0 Å². The molecule has 3 N–H and O–H groups in total. The largest absolute Gasteiger partial charge is 0.372 e. The van der Waals surface area contributed by atoms with Gasteiger partial charge in [0.15, 0.2) is 5.16 Å². The Hall–Kier alpha value is -1.25. The van der Waals surface area contributed by atoms with Crippen molar-refractivity contribution in [3.05, 3.63) is 12.4 Å². The molecule has 1 aliphatic carbocycles. The zero-order chi connectivity index (χ0) is 16.4. The second-order valence-electron chi connectivity index (χ2n) is 6.71. The van der Waals surface area contributed by atoms with E-state index in [9.17, 15) is 4.79 Å². The van der Waals surface area contributed by atoms with Crippen molar-refractivity contribution in [2.24, 2.45) is 0 Å². The van der Waals surface area contributed by atoms with E-state index in [0.717, 1.165) is 18.0 Å². The van der Waals surface area contributed by atoms with Crippen LogP contribution in [0.3, 0.4) is 0 Å². The van der Waals surface area contributed by atoms with E-state index in [0.29, 0.717) is 19.3 Å². The number of nitrogens with one attached hydrogen (secondary N) is 3. The summed E-state index contributed by atoms with van der Waals surface area (Å²) in [5.74, 6) is 0. The van der Waals surface area contributed by atoms with Crippen LogP contribution in [0.2, 0.25) is 0 Å². The lowest BCUT2D eigenvalue weighted by atomic mass is 9.96. The summed E-state index contributed by atoms with van der Waals surface area (Å²) in [6.07, 6.45) is 9.33. The topological polar surface area (TPSA) is 88.3 Å². The van der Waals surface area contributed by atoms with E-state index in [4.69, 9.17) is 9.47 Å². The number of H-pyrrole nitrogens is 1. The molecule has 2 aliphatic heterocycles. The highest BCUT2D eigenvalue weighted by Crippen LogP contribution is 2.36. The van der Waals surface area contributed by atoms with E-state index in [2.05, 4.69) is 20.6 Å². The number of hydrogen-bond donors (Lipinski definition) is 3. The number of rotatable bonds is 4. The lowest BCUT2D eigenvalue weighted by molar-refractivity contribution is 0.0693. The number of ether oxygens (including phenoxy) is 2. The third kappa shape index (κ3) is 3.55. The number of aromatic nitrogens is 2. The Morgan fingerprint density at radius 1 is 1.17 bits per heavy atom. The molecule has 3 aliphatic rings. The molecule has 0 bridgehead atoms. The Balaban J connectivity index is 1.28. The van der Waals surface area contributed by atoms with E-state index in [1.807, 2.05) is 6.20 Å². The number of fused-ring (bicyclic) bond motifs is 1. The quantitative estimate of drug-likeness (QED) is 0.767. The number of amides is 2. The van der Waals surface area contributed by atoms with Crippen LogP contribution in [-0.4, -0.2) is 58.8 Å². The molecule has 0 radical (unpaired) electrons. The third-order valence-electron chi connectivity index (χ3n) is 5.00. The Labute approximate surface area is 145 Å². The standard InChI is InChI=1S/C16H24N4O3S/c21-15(19-10-4-2-1-3-5-10)20-11-8-22-14-12(9-23-13(11)14)24-16-17-6-7-18-16/h6-7,10-14H,1-5,8-9H2,(H,17,18)(H2,19,20,21)/t11-,12-,13+,14+/m0/s1. The number of urea groups is 1. The van der Waals surface area contributed by atoms with Gasteiger partial charge in [-0.15, -0.1) is 0 Å². The van der Waals surface area contributed by atoms with E-state index in [-0.39, 0.29) is 29.5 Å². The lowest BCUT2D eigenvalue weighted by Crippen LogP contribution is -2.51. The molecule has 8 heteroatoms. The Bertz CT molecular complexity index is 550. The number of hydrogen-bond acceptors (Lipinski definition) is 5. The molecule has 132 valence electrons. The molecule has 3 heterocycles. The number of aromatic amines is 1. The number of thioether (sulfide) groups is 1. The number of imidazole rings is 1. The first kappa shape index (κ1) is 16.2. The van der Waals surface area contributed by atoms with E-state index < -0.39 is 0 Å². The molecule has 1 aromatic heterocycles. The fourth-order valence-electron chi connectivity index (χ4n) is 3.79. The fourth-order valence-corrected chi connectivity index (χ4v) is 4.85. The van der Waals surface area contributed by atoms with E-state index in [1.54, 1.807) is 18.0 Å². The van der Waals surface area contributed by atoms with Crippen molar-refractivity contribution in [2.75, 3.05) is 13.2 Å². The predicted octanol–water partition coefficient (Wildman–Crippen LogP) is 1.67. The number of nitrogens with zero attached hydrogens (tertiary/aromatic N) is 1. The van der Waals surface area contributed by atoms with Gasteiger partial charge in [0.05, 0.1) is 24.5 Å². The van der Waals surface area contributed by atoms with Crippen molar-refractivity contribution in [3.63, 3.8) is 0 Å². The molecule has 0 aromatic carbocycles. The SMILES string of the molecule is O=C(NC1CCCCC1)N[C@H]1CO[C@H]2[C@@H]1OC[C@@H]2Sc1ncc[nH]1. The van der Waals surface area contributed by atoms with Gasteiger partial charge in [-0.2, -0.15) is 0 Å². The van der Waals surface area contributed by atoms with Gasteiger partial charge in [-0.3, -0.25) is 0 Å². The molecule has 2 saturated heterocycles. The fraction of sp³-hybridized carbons (Fsp3) is 0.750. The van der Waals surface area contributed by atoms with Crippen molar-refractivity contribution >= 4 is 17.8 Å². The predicted molar refractivity (Wildman–Crippen MR) is 90.0 cm³/mol. The second-order valence-corrected chi connectivity index (χ2v) is 7.93. The summed E-state index contributed by atoms with van der Waals surface area (Å²) in [6.45, 7) is 1.12. The highest BCUT2D eigenvalue weighted by molar-refractivity contribution is 7.99. The van der Waals surface area contributed by atoms with Crippen molar-refractivity contribution in [1.29, 1.82) is 0 Å². The number of carbonyl (C=O) groups excluding carboxylic acids is 1. The summed E-state index contributed by atoms with van der Waals surface area (Å²) in [5.41, 5.74) is 0. The Kier molecular flexibility index (Phi) is 4.96. The number of carbonyl (C=O) groups is 1. The van der Waals surface area contributed by atoms with Crippen molar-refractivity contribution < 1.29 is 14.3 Å². The molecule has 2 amide bonds. The summed E-state index contributed by atoms with van der Waals surface area (Å²) in [6, 6.07) is 0.131. The van der Waals surface area contributed by atoms with Crippen LogP contribution >= 0.6 is 11.8 Å². The normalized spacial score (nSPS) is 33.3. The first-order valence-corrected chi connectivity index (χ1v) is 9.64. The smallest absolute Gasteiger partial charge is 0.315 e. The minimum absolute atomic E-state index is 0.0000746. The second kappa shape index (κ2) is 7.33. The first-order chi connectivity index (χ1) is 11.8. The molecule has 7 nitrogen and oxygen atoms in total. The monoisotopic (exact) mass is 352 g/mol. The Morgan fingerprint density at radius 2 is 2.00 bits per heavy atom. The van der Waals surface area contributed by atoms with Gasteiger partial charge >= 0.3 is 6.03 Å². The molecular weight excluding hydrogens is 328 g/mol. The van der Waals surface area contributed by atoms with Gasteiger partial charge in [-0.1, -0.05) is 31.0 Å². The van der Waals surface area contributed by atoms with Crippen LogP contribution in [0.15, 0.2) is 17.6 Å². The van der Waals surface area contributed by atoms with Crippen LogP contribution in [0.4, 0.5) is 4.79 Å². The van der Waals surface area contributed by atoms with Gasteiger partial charge in [0.2, 0.25) is 0 Å². The molecule has 0 unspecified atom stereocenters. The van der Waals surface area contributed by atoms with Gasteiger partial charge in [0.1, 0.15) is 12.2 Å². The maximum Gasteiger partial charge on any atom is 0.315 e. The van der Waals surface area contributed by atoms with E-state index >= 15 is 0 Å². The van der Waals surface area contributed by atoms with Crippen LogP contribution < -0.4 is 10.6 Å². The summed E-state index contributed by atoms with van der Waals surface area (Å²) >= 11 is 1.64. The molecule has 4 atom stereocenters. The molecule has 1 aromatic rings. The average molecular weight is 352 g/mol.